The molecular weight excluding hydrogens is 324 g/mol. The number of aromatic nitrogens is 3. The van der Waals surface area contributed by atoms with Gasteiger partial charge in [-0.25, -0.2) is 4.98 Å². The predicted octanol–water partition coefficient (Wildman–Crippen LogP) is 3.57. The molecule has 0 radical (unpaired) electrons. The van der Waals surface area contributed by atoms with Crippen molar-refractivity contribution in [1.29, 1.82) is 0 Å². The molecule has 1 N–H and O–H groups in total. The van der Waals surface area contributed by atoms with Crippen molar-refractivity contribution in [3.63, 3.8) is 0 Å². The van der Waals surface area contributed by atoms with Crippen LogP contribution in [0.15, 0.2) is 42.9 Å². The minimum Gasteiger partial charge on any atom is -0.342 e. The van der Waals surface area contributed by atoms with Gasteiger partial charge in [0.15, 0.2) is 0 Å². The van der Waals surface area contributed by atoms with Crippen LogP contribution in [-0.2, 0) is 0 Å². The topological polar surface area (TPSA) is 59.3 Å². The highest BCUT2D eigenvalue weighted by Crippen LogP contribution is 2.41. The van der Waals surface area contributed by atoms with Crippen LogP contribution >= 0.6 is 11.6 Å². The van der Waals surface area contributed by atoms with Gasteiger partial charge in [-0.15, -0.1) is 0 Å². The number of imidazole rings is 1. The lowest BCUT2D eigenvalue weighted by Gasteiger charge is -2.19. The first-order valence-electron chi connectivity index (χ1n) is 7.98. The second-order valence-electron chi connectivity index (χ2n) is 6.23. The van der Waals surface area contributed by atoms with Gasteiger partial charge in [-0.05, 0) is 49.4 Å². The lowest BCUT2D eigenvalue weighted by Crippen LogP contribution is -2.31. The molecule has 1 aliphatic rings. The summed E-state index contributed by atoms with van der Waals surface area (Å²) in [7, 11) is 0. The van der Waals surface area contributed by atoms with Crippen molar-refractivity contribution in [2.24, 2.45) is 5.92 Å². The van der Waals surface area contributed by atoms with Crippen LogP contribution in [0.2, 0.25) is 5.02 Å². The molecule has 1 atom stereocenters. The molecule has 1 amide bonds. The molecule has 122 valence electrons. The number of halogens is 1. The van der Waals surface area contributed by atoms with E-state index in [0.29, 0.717) is 22.3 Å². The van der Waals surface area contributed by atoms with Crippen molar-refractivity contribution < 1.29 is 4.79 Å². The van der Waals surface area contributed by atoms with Crippen LogP contribution in [0.4, 0.5) is 0 Å². The number of amides is 1. The number of nitrogens with one attached hydrogen (secondary N) is 1. The van der Waals surface area contributed by atoms with Crippen molar-refractivity contribution in [2.75, 3.05) is 0 Å². The van der Waals surface area contributed by atoms with E-state index in [1.165, 1.54) is 0 Å². The van der Waals surface area contributed by atoms with Gasteiger partial charge in [0.1, 0.15) is 11.3 Å². The molecule has 1 fully saturated rings. The molecule has 3 aromatic rings. The molecule has 0 aliphatic heterocycles. The summed E-state index contributed by atoms with van der Waals surface area (Å²) in [4.78, 5) is 21.5. The normalized spacial score (nSPS) is 15.4. The second kappa shape index (κ2) is 5.91. The number of pyridine rings is 2. The fourth-order valence-corrected chi connectivity index (χ4v) is 3.12. The summed E-state index contributed by atoms with van der Waals surface area (Å²) in [6, 6.07) is 7.43. The van der Waals surface area contributed by atoms with Gasteiger partial charge in [-0.1, -0.05) is 17.7 Å². The van der Waals surface area contributed by atoms with Gasteiger partial charge in [-0.3, -0.25) is 9.78 Å². The van der Waals surface area contributed by atoms with Gasteiger partial charge < -0.3 is 9.72 Å². The van der Waals surface area contributed by atoms with Gasteiger partial charge in [-0.2, -0.15) is 0 Å². The van der Waals surface area contributed by atoms with Crippen molar-refractivity contribution in [2.45, 2.75) is 25.8 Å². The van der Waals surface area contributed by atoms with Crippen LogP contribution in [0.1, 0.15) is 40.6 Å². The van der Waals surface area contributed by atoms with Crippen LogP contribution in [-0.4, -0.2) is 20.3 Å². The fourth-order valence-electron chi connectivity index (χ4n) is 2.95. The molecule has 0 saturated heterocycles. The molecule has 6 heteroatoms. The number of fused-ring (bicyclic) bond motifs is 1. The van der Waals surface area contributed by atoms with E-state index in [1.807, 2.05) is 19.1 Å². The molecule has 3 heterocycles. The van der Waals surface area contributed by atoms with Crippen LogP contribution in [0.25, 0.3) is 5.65 Å². The third kappa shape index (κ3) is 2.87. The Bertz CT molecular complexity index is 916. The number of rotatable bonds is 4. The molecule has 1 aliphatic carbocycles. The van der Waals surface area contributed by atoms with Crippen LogP contribution in [0.5, 0.6) is 0 Å². The van der Waals surface area contributed by atoms with Gasteiger partial charge in [0, 0.05) is 18.6 Å². The molecule has 1 saturated carbocycles. The van der Waals surface area contributed by atoms with E-state index in [1.54, 1.807) is 35.1 Å². The highest BCUT2D eigenvalue weighted by Gasteiger charge is 2.35. The maximum Gasteiger partial charge on any atom is 0.272 e. The Morgan fingerprint density at radius 2 is 2.17 bits per heavy atom. The predicted molar refractivity (Wildman–Crippen MR) is 92.1 cm³/mol. The van der Waals surface area contributed by atoms with Crippen molar-refractivity contribution in [1.82, 2.24) is 19.7 Å². The Morgan fingerprint density at radius 1 is 1.33 bits per heavy atom. The van der Waals surface area contributed by atoms with Gasteiger partial charge in [0.2, 0.25) is 0 Å². The maximum absolute atomic E-state index is 12.7. The summed E-state index contributed by atoms with van der Waals surface area (Å²) in [5.74, 6) is 0.269. The average molecular weight is 341 g/mol. The third-order valence-corrected chi connectivity index (χ3v) is 4.60. The van der Waals surface area contributed by atoms with Crippen molar-refractivity contribution in [3.05, 3.63) is 64.8 Å². The molecule has 5 nitrogen and oxygen atoms in total. The third-order valence-electron chi connectivity index (χ3n) is 4.37. The molecule has 0 aromatic carbocycles. The highest BCUT2D eigenvalue weighted by atomic mass is 35.5. The molecule has 0 unspecified atom stereocenters. The van der Waals surface area contributed by atoms with Crippen LogP contribution < -0.4 is 5.32 Å². The minimum atomic E-state index is -0.184. The van der Waals surface area contributed by atoms with E-state index in [4.69, 9.17) is 11.6 Å². The molecule has 0 spiro atoms. The summed E-state index contributed by atoms with van der Waals surface area (Å²) in [5, 5.41) is 3.72. The Kier molecular flexibility index (Phi) is 3.73. The van der Waals surface area contributed by atoms with E-state index >= 15 is 0 Å². The smallest absolute Gasteiger partial charge is 0.272 e. The Morgan fingerprint density at radius 3 is 2.92 bits per heavy atom. The number of hydrogen-bond donors (Lipinski definition) is 1. The van der Waals surface area contributed by atoms with Crippen LogP contribution in [0, 0.1) is 12.8 Å². The zero-order chi connectivity index (χ0) is 16.7. The molecule has 3 aromatic heterocycles. The first-order valence-corrected chi connectivity index (χ1v) is 8.36. The molecular formula is C18H17ClN4O. The fraction of sp³-hybridized carbons (Fsp3) is 0.278. The lowest BCUT2D eigenvalue weighted by atomic mass is 10.0. The summed E-state index contributed by atoms with van der Waals surface area (Å²) < 4.78 is 1.76. The average Bonchev–Trinajstić information content (AvgIpc) is 3.32. The number of carbonyl (C=O) groups is 1. The number of carbonyl (C=O) groups excluding carboxylic acids is 1. The lowest BCUT2D eigenvalue weighted by molar-refractivity contribution is 0.0926. The van der Waals surface area contributed by atoms with Crippen molar-refractivity contribution in [3.8, 4) is 0 Å². The SMILES string of the molecule is Cc1cccnc1[C@@H](NC(=O)c1cn2cc(Cl)ccc2n1)C1CC1. The minimum absolute atomic E-state index is 0.0629. The van der Waals surface area contributed by atoms with Gasteiger partial charge in [0.05, 0.1) is 16.8 Å². The largest absolute Gasteiger partial charge is 0.342 e. The first-order chi connectivity index (χ1) is 11.6. The monoisotopic (exact) mass is 340 g/mol. The first kappa shape index (κ1) is 15.1. The maximum atomic E-state index is 12.7. The summed E-state index contributed by atoms with van der Waals surface area (Å²) in [5.41, 5.74) is 3.12. The summed E-state index contributed by atoms with van der Waals surface area (Å²) in [6.45, 7) is 2.02. The van der Waals surface area contributed by atoms with E-state index in [-0.39, 0.29) is 11.9 Å². The summed E-state index contributed by atoms with van der Waals surface area (Å²) in [6.07, 6.45) is 7.44. The quantitative estimate of drug-likeness (QED) is 0.789. The number of hydrogen-bond acceptors (Lipinski definition) is 3. The second-order valence-corrected chi connectivity index (χ2v) is 6.67. The van der Waals surface area contributed by atoms with E-state index in [9.17, 15) is 4.79 Å². The van der Waals surface area contributed by atoms with E-state index in [0.717, 1.165) is 24.1 Å². The van der Waals surface area contributed by atoms with Gasteiger partial charge >= 0.3 is 0 Å². The highest BCUT2D eigenvalue weighted by molar-refractivity contribution is 6.30. The van der Waals surface area contributed by atoms with E-state index in [2.05, 4.69) is 15.3 Å². The number of aryl methyl sites for hydroxylation is 1. The molecule has 24 heavy (non-hydrogen) atoms. The van der Waals surface area contributed by atoms with Gasteiger partial charge in [0.25, 0.3) is 5.91 Å². The molecule has 4 rings (SSSR count). The Hall–Kier alpha value is -2.40. The number of nitrogens with zero attached hydrogens (tertiary/aromatic N) is 3. The summed E-state index contributed by atoms with van der Waals surface area (Å²) >= 11 is 5.98. The zero-order valence-corrected chi connectivity index (χ0v) is 14.0. The molecule has 0 bridgehead atoms. The zero-order valence-electron chi connectivity index (χ0n) is 13.2. The van der Waals surface area contributed by atoms with Crippen LogP contribution in [0.3, 0.4) is 0 Å². The van der Waals surface area contributed by atoms with Crippen molar-refractivity contribution >= 4 is 23.2 Å². The Labute approximate surface area is 144 Å². The standard InChI is InChI=1S/C18H17ClN4O/c1-11-3-2-8-20-16(11)17(12-4-5-12)22-18(24)14-10-23-9-13(19)6-7-15(23)21-14/h2-3,6-10,12,17H,4-5H2,1H3,(H,22,24)/t17-/m0/s1. The Balaban J connectivity index is 1.62. The van der Waals surface area contributed by atoms with E-state index < -0.39 is 0 Å².